The smallest absolute Gasteiger partial charge is 0.0698 e. The summed E-state index contributed by atoms with van der Waals surface area (Å²) in [7, 11) is 0. The van der Waals surface area contributed by atoms with Gasteiger partial charge >= 0.3 is 0 Å². The fourth-order valence-corrected chi connectivity index (χ4v) is 1.38. The molecule has 0 aromatic carbocycles. The van der Waals surface area contributed by atoms with Gasteiger partial charge in [0, 0.05) is 19.6 Å². The Bertz CT molecular complexity index is 121. The minimum atomic E-state index is -0.150. The summed E-state index contributed by atoms with van der Waals surface area (Å²) in [4.78, 5) is 2.17. The zero-order valence-corrected chi connectivity index (χ0v) is 7.28. The first-order chi connectivity index (χ1) is 5.83. The van der Waals surface area contributed by atoms with Crippen molar-refractivity contribution in [3.8, 4) is 0 Å². The lowest BCUT2D eigenvalue weighted by Crippen LogP contribution is -2.26. The molecule has 0 unspecified atom stereocenters. The normalized spacial score (nSPS) is 25.0. The van der Waals surface area contributed by atoms with Crippen molar-refractivity contribution < 1.29 is 14.9 Å². The van der Waals surface area contributed by atoms with Gasteiger partial charge in [0.25, 0.3) is 0 Å². The van der Waals surface area contributed by atoms with Gasteiger partial charge in [-0.2, -0.15) is 0 Å². The predicted molar refractivity (Wildman–Crippen MR) is 45.0 cm³/mol. The van der Waals surface area contributed by atoms with Gasteiger partial charge in [0.15, 0.2) is 0 Å². The second-order valence-electron chi connectivity index (χ2n) is 3.08. The number of ether oxygens (including phenoxy) is 1. The number of hydrogen-bond acceptors (Lipinski definition) is 4. The number of aliphatic hydroxyl groups is 2. The first-order valence-corrected chi connectivity index (χ1v) is 4.42. The Balaban J connectivity index is 1.93. The van der Waals surface area contributed by atoms with E-state index < -0.39 is 0 Å². The maximum Gasteiger partial charge on any atom is 0.0698 e. The predicted octanol–water partition coefficient (Wildman–Crippen LogP) is -0.938. The minimum absolute atomic E-state index is 0.0859. The van der Waals surface area contributed by atoms with Crippen LogP contribution in [-0.4, -0.2) is 60.7 Å². The van der Waals surface area contributed by atoms with E-state index in [0.717, 1.165) is 26.1 Å². The molecule has 1 fully saturated rings. The molecule has 4 heteroatoms. The second-order valence-corrected chi connectivity index (χ2v) is 3.08. The third-order valence-corrected chi connectivity index (χ3v) is 2.03. The molecule has 0 saturated carbocycles. The standard InChI is InChI=1S/C8H17NO3/c10-4-6-12-5-3-9-2-1-8(11)7-9/h8,10-11H,1-7H2/t8-/m1/s1. The molecule has 1 aliphatic heterocycles. The lowest BCUT2D eigenvalue weighted by Gasteiger charge is -2.13. The molecule has 72 valence electrons. The molecule has 1 rings (SSSR count). The zero-order valence-electron chi connectivity index (χ0n) is 7.28. The molecular weight excluding hydrogens is 158 g/mol. The van der Waals surface area contributed by atoms with Crippen molar-refractivity contribution in [1.82, 2.24) is 4.90 Å². The topological polar surface area (TPSA) is 52.9 Å². The third kappa shape index (κ3) is 3.49. The fraction of sp³-hybridized carbons (Fsp3) is 1.00. The van der Waals surface area contributed by atoms with Crippen LogP contribution in [0, 0.1) is 0 Å². The fourth-order valence-electron chi connectivity index (χ4n) is 1.38. The number of aliphatic hydroxyl groups excluding tert-OH is 2. The Morgan fingerprint density at radius 3 is 2.83 bits per heavy atom. The molecule has 0 aromatic rings. The van der Waals surface area contributed by atoms with Gasteiger partial charge in [-0.1, -0.05) is 0 Å². The maximum absolute atomic E-state index is 9.18. The molecule has 0 amide bonds. The molecule has 1 saturated heterocycles. The summed E-state index contributed by atoms with van der Waals surface area (Å²) < 4.78 is 5.11. The molecule has 2 N–H and O–H groups in total. The summed E-state index contributed by atoms with van der Waals surface area (Å²) in [5, 5.41) is 17.6. The molecule has 1 aliphatic rings. The largest absolute Gasteiger partial charge is 0.394 e. The average molecular weight is 175 g/mol. The molecular formula is C8H17NO3. The summed E-state index contributed by atoms with van der Waals surface area (Å²) >= 11 is 0. The van der Waals surface area contributed by atoms with E-state index in [1.165, 1.54) is 0 Å². The first-order valence-electron chi connectivity index (χ1n) is 4.42. The number of nitrogens with zero attached hydrogens (tertiary/aromatic N) is 1. The Morgan fingerprint density at radius 2 is 2.25 bits per heavy atom. The van der Waals surface area contributed by atoms with Crippen LogP contribution >= 0.6 is 0 Å². The molecule has 0 spiro atoms. The molecule has 1 atom stereocenters. The van der Waals surface area contributed by atoms with Crippen molar-refractivity contribution in [2.24, 2.45) is 0 Å². The van der Waals surface area contributed by atoms with E-state index in [1.807, 2.05) is 0 Å². The van der Waals surface area contributed by atoms with Gasteiger partial charge in [0.1, 0.15) is 0 Å². The summed E-state index contributed by atoms with van der Waals surface area (Å²) in [6.45, 7) is 3.73. The van der Waals surface area contributed by atoms with Gasteiger partial charge in [-0.05, 0) is 6.42 Å². The van der Waals surface area contributed by atoms with Gasteiger partial charge in [0.2, 0.25) is 0 Å². The first kappa shape index (κ1) is 9.92. The van der Waals surface area contributed by atoms with Crippen molar-refractivity contribution in [1.29, 1.82) is 0 Å². The van der Waals surface area contributed by atoms with Crippen LogP contribution in [0.4, 0.5) is 0 Å². The van der Waals surface area contributed by atoms with Crippen LogP contribution in [-0.2, 0) is 4.74 Å². The van der Waals surface area contributed by atoms with Crippen molar-refractivity contribution in [2.75, 3.05) is 39.5 Å². The number of hydrogen-bond donors (Lipinski definition) is 2. The summed E-state index contributed by atoms with van der Waals surface area (Å²) in [6, 6.07) is 0. The highest BCUT2D eigenvalue weighted by molar-refractivity contribution is 4.73. The Kier molecular flexibility index (Phi) is 4.53. The van der Waals surface area contributed by atoms with E-state index >= 15 is 0 Å². The van der Waals surface area contributed by atoms with Crippen LogP contribution in [0.5, 0.6) is 0 Å². The monoisotopic (exact) mass is 175 g/mol. The summed E-state index contributed by atoms with van der Waals surface area (Å²) in [6.07, 6.45) is 0.725. The lowest BCUT2D eigenvalue weighted by molar-refractivity contribution is 0.0750. The number of β-amino-alcohol motifs (C(OH)–C–C–N with tert-alkyl or cyclic N) is 1. The molecule has 0 bridgehead atoms. The van der Waals surface area contributed by atoms with Crippen LogP contribution in [0.25, 0.3) is 0 Å². The van der Waals surface area contributed by atoms with Gasteiger partial charge in [0.05, 0.1) is 25.9 Å². The lowest BCUT2D eigenvalue weighted by atomic mass is 10.3. The van der Waals surface area contributed by atoms with Crippen molar-refractivity contribution >= 4 is 0 Å². The van der Waals surface area contributed by atoms with Gasteiger partial charge in [-0.15, -0.1) is 0 Å². The quantitative estimate of drug-likeness (QED) is 0.530. The summed E-state index contributed by atoms with van der Waals surface area (Å²) in [5.41, 5.74) is 0. The van der Waals surface area contributed by atoms with Crippen molar-refractivity contribution in [3.63, 3.8) is 0 Å². The molecule has 12 heavy (non-hydrogen) atoms. The van der Waals surface area contributed by atoms with Crippen LogP contribution in [0.2, 0.25) is 0 Å². The highest BCUT2D eigenvalue weighted by Gasteiger charge is 2.18. The Morgan fingerprint density at radius 1 is 1.42 bits per heavy atom. The second kappa shape index (κ2) is 5.48. The average Bonchev–Trinajstić information content (AvgIpc) is 2.45. The number of likely N-dealkylation sites (tertiary alicyclic amines) is 1. The molecule has 0 aliphatic carbocycles. The Labute approximate surface area is 72.7 Å². The van der Waals surface area contributed by atoms with Gasteiger partial charge in [-0.25, -0.2) is 0 Å². The molecule has 0 radical (unpaired) electrons. The van der Waals surface area contributed by atoms with Gasteiger partial charge < -0.3 is 14.9 Å². The van der Waals surface area contributed by atoms with E-state index in [9.17, 15) is 5.11 Å². The van der Waals surface area contributed by atoms with Crippen LogP contribution < -0.4 is 0 Å². The highest BCUT2D eigenvalue weighted by atomic mass is 16.5. The van der Waals surface area contributed by atoms with Crippen molar-refractivity contribution in [3.05, 3.63) is 0 Å². The Hall–Kier alpha value is -0.160. The van der Waals surface area contributed by atoms with Crippen LogP contribution in [0.15, 0.2) is 0 Å². The van der Waals surface area contributed by atoms with Crippen LogP contribution in [0.1, 0.15) is 6.42 Å². The molecule has 4 nitrogen and oxygen atoms in total. The zero-order chi connectivity index (χ0) is 8.81. The highest BCUT2D eigenvalue weighted by Crippen LogP contribution is 2.07. The van der Waals surface area contributed by atoms with E-state index in [4.69, 9.17) is 9.84 Å². The SMILES string of the molecule is OCCOCCN1CC[C@@H](O)C1. The van der Waals surface area contributed by atoms with E-state index in [1.54, 1.807) is 0 Å². The number of rotatable bonds is 5. The minimum Gasteiger partial charge on any atom is -0.394 e. The maximum atomic E-state index is 9.18. The van der Waals surface area contributed by atoms with Crippen LogP contribution in [0.3, 0.4) is 0 Å². The van der Waals surface area contributed by atoms with Gasteiger partial charge in [-0.3, -0.25) is 4.90 Å². The summed E-state index contributed by atoms with van der Waals surface area (Å²) in [5.74, 6) is 0. The van der Waals surface area contributed by atoms with Crippen molar-refractivity contribution in [2.45, 2.75) is 12.5 Å². The van der Waals surface area contributed by atoms with E-state index in [-0.39, 0.29) is 12.7 Å². The molecule has 0 aromatic heterocycles. The van der Waals surface area contributed by atoms with E-state index in [2.05, 4.69) is 4.90 Å². The van der Waals surface area contributed by atoms with E-state index in [0.29, 0.717) is 13.2 Å². The molecule has 1 heterocycles. The third-order valence-electron chi connectivity index (χ3n) is 2.03.